The van der Waals surface area contributed by atoms with E-state index < -0.39 is 5.92 Å². The first-order valence-electron chi connectivity index (χ1n) is 6.21. The maximum atomic E-state index is 12.6. The van der Waals surface area contributed by atoms with Crippen molar-refractivity contribution < 1.29 is 13.6 Å². The van der Waals surface area contributed by atoms with Crippen molar-refractivity contribution in [2.75, 3.05) is 6.54 Å². The number of rotatable bonds is 2. The molecule has 0 aromatic rings. The predicted octanol–water partition coefficient (Wildman–Crippen LogP) is 2.43. The molecule has 2 unspecified atom stereocenters. The van der Waals surface area contributed by atoms with E-state index in [1.165, 1.54) is 6.42 Å². The van der Waals surface area contributed by atoms with Crippen molar-refractivity contribution in [2.45, 2.75) is 50.5 Å². The summed E-state index contributed by atoms with van der Waals surface area (Å²) in [5.74, 6) is -1.75. The number of fused-ring (bicyclic) bond motifs is 2. The molecule has 1 heterocycles. The molecule has 2 atom stereocenters. The molecule has 1 saturated heterocycles. The Morgan fingerprint density at radius 2 is 2.06 bits per heavy atom. The summed E-state index contributed by atoms with van der Waals surface area (Å²) < 4.78 is 25.3. The molecule has 1 amide bonds. The third-order valence-electron chi connectivity index (χ3n) is 4.37. The first-order chi connectivity index (χ1) is 7.53. The first-order valence-corrected chi connectivity index (χ1v) is 6.21. The van der Waals surface area contributed by atoms with Gasteiger partial charge < -0.3 is 4.90 Å². The number of hydrogen-bond acceptors (Lipinski definition) is 1. The van der Waals surface area contributed by atoms with Crippen LogP contribution in [0, 0.1) is 11.8 Å². The van der Waals surface area contributed by atoms with Crippen LogP contribution >= 0.6 is 0 Å². The summed E-state index contributed by atoms with van der Waals surface area (Å²) in [5, 5.41) is 0. The van der Waals surface area contributed by atoms with E-state index in [0.717, 1.165) is 19.4 Å². The van der Waals surface area contributed by atoms with Gasteiger partial charge in [0.15, 0.2) is 0 Å². The van der Waals surface area contributed by atoms with Gasteiger partial charge in [-0.05, 0) is 31.1 Å². The van der Waals surface area contributed by atoms with Crippen LogP contribution in [0.2, 0.25) is 0 Å². The van der Waals surface area contributed by atoms with Crippen molar-refractivity contribution >= 4 is 5.91 Å². The lowest BCUT2D eigenvalue weighted by Gasteiger charge is -2.36. The molecular weight excluding hydrogens is 212 g/mol. The van der Waals surface area contributed by atoms with Gasteiger partial charge in [0.25, 0.3) is 0 Å². The van der Waals surface area contributed by atoms with Crippen molar-refractivity contribution in [1.29, 1.82) is 0 Å². The lowest BCUT2D eigenvalue weighted by molar-refractivity contribution is -0.143. The van der Waals surface area contributed by atoms with Gasteiger partial charge in [0.1, 0.15) is 0 Å². The van der Waals surface area contributed by atoms with Gasteiger partial charge in [0.2, 0.25) is 11.8 Å². The second-order valence-electron chi connectivity index (χ2n) is 5.71. The van der Waals surface area contributed by atoms with Gasteiger partial charge in [-0.15, -0.1) is 0 Å². The number of carbonyl (C=O) groups excluding carboxylic acids is 1. The molecule has 3 aliphatic rings. The molecule has 2 bridgehead atoms. The Hall–Kier alpha value is -0.670. The predicted molar refractivity (Wildman–Crippen MR) is 55.1 cm³/mol. The molecular formula is C12H17F2NO. The number of likely N-dealkylation sites (tertiary alicyclic amines) is 1. The molecule has 0 aromatic heterocycles. The highest BCUT2D eigenvalue weighted by molar-refractivity contribution is 5.77. The van der Waals surface area contributed by atoms with Crippen molar-refractivity contribution in [2.24, 2.45) is 11.8 Å². The summed E-state index contributed by atoms with van der Waals surface area (Å²) in [6, 6.07) is 0.429. The minimum absolute atomic E-state index is 0.0679. The molecule has 4 heteroatoms. The molecule has 16 heavy (non-hydrogen) atoms. The first kappa shape index (κ1) is 10.5. The summed E-state index contributed by atoms with van der Waals surface area (Å²) >= 11 is 0. The highest BCUT2D eigenvalue weighted by Gasteiger charge is 2.47. The average Bonchev–Trinajstić information content (AvgIpc) is 2.75. The lowest BCUT2D eigenvalue weighted by Crippen LogP contribution is -2.42. The summed E-state index contributed by atoms with van der Waals surface area (Å²) in [7, 11) is 0. The number of nitrogens with zero attached hydrogens (tertiary/aromatic N) is 1. The number of carbonyl (C=O) groups is 1. The summed E-state index contributed by atoms with van der Waals surface area (Å²) in [6.07, 6.45) is 3.69. The summed E-state index contributed by atoms with van der Waals surface area (Å²) in [5.41, 5.74) is 0. The van der Waals surface area contributed by atoms with Crippen LogP contribution in [0.15, 0.2) is 0 Å². The fourth-order valence-corrected chi connectivity index (χ4v) is 3.52. The van der Waals surface area contributed by atoms with Gasteiger partial charge in [-0.25, -0.2) is 8.78 Å². The standard InChI is InChI=1S/C12H17F2NO/c13-12(14)5-9(6-12)4-11(16)15-7-8-1-2-10(15)3-8/h8-10H,1-7H2. The monoisotopic (exact) mass is 229 g/mol. The van der Waals surface area contributed by atoms with E-state index >= 15 is 0 Å². The van der Waals surface area contributed by atoms with E-state index in [2.05, 4.69) is 0 Å². The fourth-order valence-electron chi connectivity index (χ4n) is 3.52. The molecule has 0 N–H and O–H groups in total. The van der Waals surface area contributed by atoms with E-state index in [0.29, 0.717) is 18.4 Å². The van der Waals surface area contributed by atoms with E-state index in [9.17, 15) is 13.6 Å². The molecule has 0 radical (unpaired) electrons. The highest BCUT2D eigenvalue weighted by Crippen LogP contribution is 2.45. The van der Waals surface area contributed by atoms with Crippen LogP contribution < -0.4 is 0 Å². The Balaban J connectivity index is 1.51. The van der Waals surface area contributed by atoms with E-state index in [1.54, 1.807) is 0 Å². The molecule has 0 spiro atoms. The van der Waals surface area contributed by atoms with Crippen LogP contribution in [-0.4, -0.2) is 29.3 Å². The van der Waals surface area contributed by atoms with Gasteiger partial charge in [-0.2, -0.15) is 0 Å². The zero-order valence-corrected chi connectivity index (χ0v) is 9.29. The van der Waals surface area contributed by atoms with Gasteiger partial charge in [0, 0.05) is 31.8 Å². The third kappa shape index (κ3) is 1.72. The van der Waals surface area contributed by atoms with Crippen molar-refractivity contribution in [3.8, 4) is 0 Å². The highest BCUT2D eigenvalue weighted by atomic mass is 19.3. The van der Waals surface area contributed by atoms with Crippen molar-refractivity contribution in [1.82, 2.24) is 4.90 Å². The molecule has 1 aliphatic heterocycles. The molecule has 0 aromatic carbocycles. The van der Waals surface area contributed by atoms with E-state index in [1.807, 2.05) is 4.90 Å². The second kappa shape index (κ2) is 3.41. The quantitative estimate of drug-likeness (QED) is 0.712. The molecule has 3 fully saturated rings. The summed E-state index contributed by atoms with van der Waals surface area (Å²) in [6.45, 7) is 0.882. The molecule has 2 saturated carbocycles. The average molecular weight is 229 g/mol. The Labute approximate surface area is 94.0 Å². The van der Waals surface area contributed by atoms with Crippen molar-refractivity contribution in [3.05, 3.63) is 0 Å². The van der Waals surface area contributed by atoms with Crippen LogP contribution in [0.3, 0.4) is 0 Å². The fraction of sp³-hybridized carbons (Fsp3) is 0.917. The van der Waals surface area contributed by atoms with Gasteiger partial charge >= 0.3 is 0 Å². The zero-order valence-electron chi connectivity index (χ0n) is 9.29. The number of amides is 1. The smallest absolute Gasteiger partial charge is 0.248 e. The Bertz CT molecular complexity index is 310. The van der Waals surface area contributed by atoms with Crippen LogP contribution in [0.1, 0.15) is 38.5 Å². The lowest BCUT2D eigenvalue weighted by atomic mass is 9.79. The molecule has 2 nitrogen and oxygen atoms in total. The van der Waals surface area contributed by atoms with Crippen LogP contribution in [0.5, 0.6) is 0 Å². The number of alkyl halides is 2. The number of piperidine rings is 1. The molecule has 90 valence electrons. The van der Waals surface area contributed by atoms with Gasteiger partial charge in [-0.3, -0.25) is 4.79 Å². The number of halogens is 2. The van der Waals surface area contributed by atoms with Crippen molar-refractivity contribution in [3.63, 3.8) is 0 Å². The van der Waals surface area contributed by atoms with Crippen LogP contribution in [0.4, 0.5) is 8.78 Å². The molecule has 3 rings (SSSR count). The topological polar surface area (TPSA) is 20.3 Å². The van der Waals surface area contributed by atoms with Gasteiger partial charge in [0.05, 0.1) is 0 Å². The van der Waals surface area contributed by atoms with E-state index in [-0.39, 0.29) is 24.7 Å². The Kier molecular flexibility index (Phi) is 2.23. The Morgan fingerprint density at radius 1 is 1.31 bits per heavy atom. The minimum atomic E-state index is -2.49. The normalized spacial score (nSPS) is 36.5. The zero-order chi connectivity index (χ0) is 11.3. The third-order valence-corrected chi connectivity index (χ3v) is 4.37. The van der Waals surface area contributed by atoms with E-state index in [4.69, 9.17) is 0 Å². The largest absolute Gasteiger partial charge is 0.339 e. The Morgan fingerprint density at radius 3 is 2.56 bits per heavy atom. The van der Waals surface area contributed by atoms with Crippen LogP contribution in [0.25, 0.3) is 0 Å². The second-order valence-corrected chi connectivity index (χ2v) is 5.71. The van der Waals surface area contributed by atoms with Crippen LogP contribution in [-0.2, 0) is 4.79 Å². The molecule has 2 aliphatic carbocycles. The maximum Gasteiger partial charge on any atom is 0.248 e. The summed E-state index contributed by atoms with van der Waals surface area (Å²) in [4.78, 5) is 13.9. The minimum Gasteiger partial charge on any atom is -0.339 e. The van der Waals surface area contributed by atoms with Gasteiger partial charge in [-0.1, -0.05) is 0 Å². The number of hydrogen-bond donors (Lipinski definition) is 0. The SMILES string of the molecule is O=C(CC1CC(F)(F)C1)N1CC2CCC1C2. The maximum absolute atomic E-state index is 12.6.